The molecule has 0 N–H and O–H groups in total. The summed E-state index contributed by atoms with van der Waals surface area (Å²) >= 11 is 0. The highest BCUT2D eigenvalue weighted by molar-refractivity contribution is 5.94. The first-order chi connectivity index (χ1) is 14.3. The second kappa shape index (κ2) is 7.22. The molecule has 0 atom stereocenters. The molecule has 2 aliphatic rings. The molecule has 1 heteroatoms. The molecular formula is C29H36N+. The molecule has 3 aromatic rings. The third-order valence-electron chi connectivity index (χ3n) is 8.06. The Bertz CT molecular complexity index is 1130. The summed E-state index contributed by atoms with van der Waals surface area (Å²) in [6.07, 6.45) is 9.14. The number of hydrogen-bond donors (Lipinski definition) is 0. The van der Waals surface area contributed by atoms with E-state index in [1.54, 1.807) is 16.7 Å². The predicted molar refractivity (Wildman–Crippen MR) is 127 cm³/mol. The molecule has 1 nitrogen and oxygen atoms in total. The maximum absolute atomic E-state index is 2.50. The van der Waals surface area contributed by atoms with Crippen molar-refractivity contribution in [3.63, 3.8) is 0 Å². The summed E-state index contributed by atoms with van der Waals surface area (Å²) < 4.78 is 2.40. The Balaban J connectivity index is 1.62. The first-order valence-electron chi connectivity index (χ1n) is 11.9. The smallest absolute Gasteiger partial charge is 0.198 e. The highest BCUT2D eigenvalue weighted by Crippen LogP contribution is 2.43. The maximum atomic E-state index is 2.50. The van der Waals surface area contributed by atoms with E-state index in [0.717, 1.165) is 5.92 Å². The first kappa shape index (κ1) is 19.8. The van der Waals surface area contributed by atoms with Gasteiger partial charge in [-0.25, -0.2) is 0 Å². The van der Waals surface area contributed by atoms with Crippen LogP contribution in [0.3, 0.4) is 0 Å². The summed E-state index contributed by atoms with van der Waals surface area (Å²) in [4.78, 5) is 0. The van der Waals surface area contributed by atoms with Gasteiger partial charge in [0.15, 0.2) is 5.69 Å². The Morgan fingerprint density at radius 3 is 2.33 bits per heavy atom. The molecule has 0 bridgehead atoms. The van der Waals surface area contributed by atoms with Gasteiger partial charge in [-0.3, -0.25) is 0 Å². The van der Waals surface area contributed by atoms with Gasteiger partial charge in [-0.05, 0) is 103 Å². The van der Waals surface area contributed by atoms with Gasteiger partial charge < -0.3 is 0 Å². The standard InChI is InChI=1S/C29H36N/c1-19-15-22-7-6-8-23(22)18-27(19)28-26-10-9-24(17-25(26)16-20(2)30(28)5)21-11-13-29(3,4)14-12-21/h9-10,15-18,21H,6-8,11-14H2,1-5H3/q+1. The van der Waals surface area contributed by atoms with E-state index in [1.165, 1.54) is 78.2 Å². The highest BCUT2D eigenvalue weighted by atomic mass is 14.9. The summed E-state index contributed by atoms with van der Waals surface area (Å²) in [5, 5.41) is 2.80. The Labute approximate surface area is 182 Å². The minimum absolute atomic E-state index is 0.524. The summed E-state index contributed by atoms with van der Waals surface area (Å²) in [5.41, 5.74) is 10.7. The quantitative estimate of drug-likeness (QED) is 0.405. The number of hydrogen-bond acceptors (Lipinski definition) is 0. The minimum Gasteiger partial charge on any atom is -0.198 e. The van der Waals surface area contributed by atoms with Gasteiger partial charge in [0.1, 0.15) is 7.05 Å². The highest BCUT2D eigenvalue weighted by Gasteiger charge is 2.28. The van der Waals surface area contributed by atoms with E-state index in [2.05, 4.69) is 75.7 Å². The summed E-state index contributed by atoms with van der Waals surface area (Å²) in [6.45, 7) is 9.40. The first-order valence-corrected chi connectivity index (χ1v) is 11.9. The monoisotopic (exact) mass is 398 g/mol. The van der Waals surface area contributed by atoms with E-state index in [9.17, 15) is 0 Å². The van der Waals surface area contributed by atoms with Gasteiger partial charge in [0.25, 0.3) is 0 Å². The Hall–Kier alpha value is -2.15. The number of benzene rings is 2. The summed E-state index contributed by atoms with van der Waals surface area (Å²) in [7, 11) is 2.23. The fourth-order valence-corrected chi connectivity index (χ4v) is 5.91. The minimum atomic E-state index is 0.524. The second-order valence-electron chi connectivity index (χ2n) is 10.8. The molecule has 0 spiro atoms. The molecule has 5 rings (SSSR count). The Kier molecular flexibility index (Phi) is 4.76. The average Bonchev–Trinajstić information content (AvgIpc) is 3.15. The van der Waals surface area contributed by atoms with Crippen LogP contribution in [0, 0.1) is 19.3 Å². The zero-order chi connectivity index (χ0) is 21.0. The van der Waals surface area contributed by atoms with Crippen LogP contribution in [-0.4, -0.2) is 0 Å². The van der Waals surface area contributed by atoms with Crippen molar-refractivity contribution in [2.45, 2.75) is 78.6 Å². The van der Waals surface area contributed by atoms with Gasteiger partial charge in [-0.1, -0.05) is 32.0 Å². The van der Waals surface area contributed by atoms with E-state index >= 15 is 0 Å². The molecular weight excluding hydrogens is 362 g/mol. The van der Waals surface area contributed by atoms with Crippen LogP contribution in [0.25, 0.3) is 22.0 Å². The van der Waals surface area contributed by atoms with Crippen molar-refractivity contribution in [3.8, 4) is 11.3 Å². The number of rotatable bonds is 2. The van der Waals surface area contributed by atoms with Crippen molar-refractivity contribution in [2.24, 2.45) is 12.5 Å². The van der Waals surface area contributed by atoms with Crippen LogP contribution in [0.1, 0.15) is 79.8 Å². The van der Waals surface area contributed by atoms with Crippen molar-refractivity contribution in [3.05, 3.63) is 64.3 Å². The molecule has 1 heterocycles. The molecule has 156 valence electrons. The van der Waals surface area contributed by atoms with Gasteiger partial charge in [0.2, 0.25) is 5.69 Å². The lowest BCUT2D eigenvalue weighted by atomic mass is 9.71. The second-order valence-corrected chi connectivity index (χ2v) is 10.8. The molecule has 0 saturated heterocycles. The van der Waals surface area contributed by atoms with E-state index in [1.807, 2.05) is 0 Å². The van der Waals surface area contributed by atoms with Crippen LogP contribution in [-0.2, 0) is 19.9 Å². The molecule has 0 radical (unpaired) electrons. The van der Waals surface area contributed by atoms with E-state index in [4.69, 9.17) is 0 Å². The molecule has 2 aliphatic carbocycles. The maximum Gasteiger partial charge on any atom is 0.220 e. The van der Waals surface area contributed by atoms with Gasteiger partial charge >= 0.3 is 0 Å². The predicted octanol–water partition coefficient (Wildman–Crippen LogP) is 7.12. The van der Waals surface area contributed by atoms with Gasteiger partial charge in [-0.15, -0.1) is 0 Å². The zero-order valence-corrected chi connectivity index (χ0v) is 19.4. The van der Waals surface area contributed by atoms with Gasteiger partial charge in [0.05, 0.1) is 10.9 Å². The summed E-state index contributed by atoms with van der Waals surface area (Å²) in [6, 6.07) is 14.7. The number of nitrogens with zero attached hydrogens (tertiary/aromatic N) is 1. The SMILES string of the molecule is Cc1cc2c(cc1-c1c3ccc(C4CCC(C)(C)CC4)cc3cc(C)[n+]1C)CCC2. The van der Waals surface area contributed by atoms with E-state index in [0.29, 0.717) is 5.41 Å². The number of aryl methyl sites for hydroxylation is 4. The number of fused-ring (bicyclic) bond motifs is 2. The van der Waals surface area contributed by atoms with Crippen molar-refractivity contribution < 1.29 is 4.57 Å². The average molecular weight is 399 g/mol. The third kappa shape index (κ3) is 3.37. The van der Waals surface area contributed by atoms with Crippen molar-refractivity contribution in [1.29, 1.82) is 0 Å². The normalized spacial score (nSPS) is 18.7. The van der Waals surface area contributed by atoms with Crippen LogP contribution in [0.2, 0.25) is 0 Å². The van der Waals surface area contributed by atoms with E-state index < -0.39 is 0 Å². The van der Waals surface area contributed by atoms with Crippen molar-refractivity contribution in [1.82, 2.24) is 0 Å². The van der Waals surface area contributed by atoms with Crippen molar-refractivity contribution in [2.75, 3.05) is 0 Å². The fourth-order valence-electron chi connectivity index (χ4n) is 5.91. The third-order valence-corrected chi connectivity index (χ3v) is 8.06. The molecule has 1 saturated carbocycles. The number of pyridine rings is 1. The molecule has 0 amide bonds. The molecule has 2 aromatic carbocycles. The lowest BCUT2D eigenvalue weighted by Crippen LogP contribution is -2.35. The fraction of sp³-hybridized carbons (Fsp3) is 0.483. The molecule has 30 heavy (non-hydrogen) atoms. The van der Waals surface area contributed by atoms with Crippen LogP contribution < -0.4 is 4.57 Å². The lowest BCUT2D eigenvalue weighted by molar-refractivity contribution is -0.665. The summed E-state index contributed by atoms with van der Waals surface area (Å²) in [5.74, 6) is 0.724. The van der Waals surface area contributed by atoms with Gasteiger partial charge in [0, 0.05) is 13.0 Å². The zero-order valence-electron chi connectivity index (χ0n) is 19.4. The van der Waals surface area contributed by atoms with Crippen LogP contribution in [0.4, 0.5) is 0 Å². The Morgan fingerprint density at radius 2 is 1.60 bits per heavy atom. The van der Waals surface area contributed by atoms with Crippen molar-refractivity contribution >= 4 is 10.8 Å². The Morgan fingerprint density at radius 1 is 0.900 bits per heavy atom. The molecule has 1 fully saturated rings. The van der Waals surface area contributed by atoms with E-state index in [-0.39, 0.29) is 0 Å². The topological polar surface area (TPSA) is 3.88 Å². The largest absolute Gasteiger partial charge is 0.220 e. The molecule has 1 aromatic heterocycles. The molecule has 0 unspecified atom stereocenters. The number of aromatic nitrogens is 1. The van der Waals surface area contributed by atoms with Crippen LogP contribution in [0.15, 0.2) is 36.4 Å². The van der Waals surface area contributed by atoms with Gasteiger partial charge in [-0.2, -0.15) is 4.57 Å². The lowest BCUT2D eigenvalue weighted by Gasteiger charge is -2.34. The van der Waals surface area contributed by atoms with Crippen LogP contribution in [0.5, 0.6) is 0 Å². The van der Waals surface area contributed by atoms with Crippen LogP contribution >= 0.6 is 0 Å². The molecule has 0 aliphatic heterocycles.